The molecule has 3 saturated heterocycles. The molecule has 0 bridgehead atoms. The summed E-state index contributed by atoms with van der Waals surface area (Å²) in [4.78, 5) is 66.8. The average molecular weight is 673 g/mol. The van der Waals surface area contributed by atoms with Gasteiger partial charge in [-0.2, -0.15) is 0 Å². The van der Waals surface area contributed by atoms with Gasteiger partial charge in [-0.05, 0) is 43.1 Å². The van der Waals surface area contributed by atoms with Gasteiger partial charge in [-0.3, -0.25) is 19.2 Å². The van der Waals surface area contributed by atoms with Crippen LogP contribution in [0.25, 0.3) is 0 Å². The van der Waals surface area contributed by atoms with Crippen LogP contribution in [0.4, 0.5) is 0 Å². The number of allylic oxidation sites excluding steroid dienone is 1. The Morgan fingerprint density at radius 2 is 1.44 bits per heavy atom. The molecule has 0 aromatic carbocycles. The average Bonchev–Trinajstić information content (AvgIpc) is 3.88. The molecule has 5 aliphatic carbocycles. The first kappa shape index (κ1) is 32.2. The van der Waals surface area contributed by atoms with Crippen molar-refractivity contribution in [1.29, 1.82) is 0 Å². The van der Waals surface area contributed by atoms with Crippen molar-refractivity contribution in [2.24, 2.45) is 57.7 Å². The van der Waals surface area contributed by atoms with E-state index in [0.717, 1.165) is 0 Å². The van der Waals surface area contributed by atoms with Crippen molar-refractivity contribution >= 4 is 29.7 Å². The fraction of sp³-hybridized carbons (Fsp3) is 0.800. The fourth-order valence-electron chi connectivity index (χ4n) is 12.9. The number of rotatable bonds is 3. The molecular weight excluding hydrogens is 628 g/mol. The Labute approximate surface area is 277 Å². The highest BCUT2D eigenvalue weighted by molar-refractivity contribution is 5.98. The molecule has 3 heterocycles. The molecule has 0 aromatic rings. The second-order valence-corrected chi connectivity index (χ2v) is 16.5. The van der Waals surface area contributed by atoms with Gasteiger partial charge in [-0.15, -0.1) is 0 Å². The lowest BCUT2D eigenvalue weighted by atomic mass is 9.41. The number of carbonyl (C=O) groups is 5. The third kappa shape index (κ3) is 3.32. The molecule has 48 heavy (non-hydrogen) atoms. The smallest absolute Gasteiger partial charge is 0.341 e. The SMILES string of the molecule is CC(=O)O[C@H]1[C@@H]2[C@H]([C@H](C)[C@H]3O[C@]34OC(=O)[C@@](C)(O)[C@]24C)[C@]2(C)[C@@H]1C1C(=O)C(O)=C3C[C@@H]4O[C@@H]4[C@H](OC(C)=O)[C@]3(C)C1C(C)[C@@H]2OC(C)=O. The molecule has 13 nitrogen and oxygen atoms in total. The summed E-state index contributed by atoms with van der Waals surface area (Å²) in [5.74, 6) is -9.82. The largest absolute Gasteiger partial charge is 0.504 e. The summed E-state index contributed by atoms with van der Waals surface area (Å²) in [7, 11) is 0. The number of hydrogen-bond acceptors (Lipinski definition) is 13. The van der Waals surface area contributed by atoms with Crippen molar-refractivity contribution in [3.63, 3.8) is 0 Å². The summed E-state index contributed by atoms with van der Waals surface area (Å²) in [5, 5.41) is 23.8. The Morgan fingerprint density at radius 1 is 0.833 bits per heavy atom. The second-order valence-electron chi connectivity index (χ2n) is 16.5. The molecule has 0 radical (unpaired) electrons. The van der Waals surface area contributed by atoms with Crippen molar-refractivity contribution in [3.8, 4) is 0 Å². The number of aliphatic hydroxyl groups is 2. The van der Waals surface area contributed by atoms with Gasteiger partial charge in [-0.25, -0.2) is 4.79 Å². The number of hydrogen-bond donors (Lipinski definition) is 2. The third-order valence-corrected chi connectivity index (χ3v) is 14.6. The zero-order valence-corrected chi connectivity index (χ0v) is 28.6. The lowest BCUT2D eigenvalue weighted by Crippen LogP contribution is -2.68. The summed E-state index contributed by atoms with van der Waals surface area (Å²) in [6.07, 6.45) is -3.95. The van der Waals surface area contributed by atoms with Gasteiger partial charge in [0.15, 0.2) is 11.4 Å². The number of carbonyl (C=O) groups excluding carboxylic acids is 5. The Morgan fingerprint density at radius 3 is 2.04 bits per heavy atom. The van der Waals surface area contributed by atoms with Crippen LogP contribution in [-0.4, -0.2) is 87.9 Å². The Hall–Kier alpha value is -3.03. The predicted octanol–water partition coefficient (Wildman–Crippen LogP) is 2.16. The minimum absolute atomic E-state index is 0.268. The van der Waals surface area contributed by atoms with Gasteiger partial charge in [0.2, 0.25) is 11.6 Å². The van der Waals surface area contributed by atoms with Crippen LogP contribution in [0.2, 0.25) is 0 Å². The topological polar surface area (TPSA) is 188 Å². The monoisotopic (exact) mass is 672 g/mol. The standard InChI is InChI=1S/C35H44O13/c1-11-19-18(24(40)23(39)16-10-17-25(46-17)29(31(16,19)6)45-15(5)38)21-26(43-13(3)36)22-20(32(21,7)27(11)44-14(4)37)12(2)28-35(47-28)33(22,8)34(9,42)30(41)48-35/h11-12,17-22,25-29,39,42H,10H2,1-9H3/t11?,12-,17-,18?,19?,20-,21+,22-,25-,26+,27-,28+,29-,31-,32+,33-,34+,35-/m0/s1. The van der Waals surface area contributed by atoms with Crippen molar-refractivity contribution in [1.82, 2.24) is 0 Å². The Kier molecular flexibility index (Phi) is 6.17. The third-order valence-electron chi connectivity index (χ3n) is 14.6. The maximum atomic E-state index is 14.8. The minimum Gasteiger partial charge on any atom is -0.504 e. The first-order valence-electron chi connectivity index (χ1n) is 17.0. The van der Waals surface area contributed by atoms with Crippen LogP contribution in [0.15, 0.2) is 11.3 Å². The lowest BCUT2D eigenvalue weighted by molar-refractivity contribution is -0.217. The minimum atomic E-state index is -2.07. The molecule has 4 saturated carbocycles. The van der Waals surface area contributed by atoms with Crippen molar-refractivity contribution in [2.45, 2.75) is 117 Å². The van der Waals surface area contributed by atoms with Gasteiger partial charge in [0.25, 0.3) is 0 Å². The summed E-state index contributed by atoms with van der Waals surface area (Å²) in [6.45, 7) is 14.6. The van der Waals surface area contributed by atoms with E-state index in [-0.39, 0.29) is 18.4 Å². The number of fused-ring (bicyclic) bond motifs is 9. The van der Waals surface area contributed by atoms with E-state index < -0.39 is 129 Å². The number of ether oxygens (including phenoxy) is 6. The highest BCUT2D eigenvalue weighted by Gasteiger charge is 2.93. The van der Waals surface area contributed by atoms with E-state index in [9.17, 15) is 34.2 Å². The summed E-state index contributed by atoms with van der Waals surface area (Å²) < 4.78 is 36.6. The van der Waals surface area contributed by atoms with E-state index in [1.165, 1.54) is 27.7 Å². The number of epoxide rings is 2. The fourth-order valence-corrected chi connectivity index (χ4v) is 12.9. The number of Topliss-reactive ketones (excluding diaryl/α,β-unsaturated/α-hetero) is 1. The molecule has 3 aliphatic heterocycles. The summed E-state index contributed by atoms with van der Waals surface area (Å²) in [6, 6.07) is 0. The maximum Gasteiger partial charge on any atom is 0.341 e. The van der Waals surface area contributed by atoms with E-state index >= 15 is 0 Å². The van der Waals surface area contributed by atoms with Gasteiger partial charge in [0, 0.05) is 55.8 Å². The van der Waals surface area contributed by atoms with Crippen LogP contribution in [-0.2, 0) is 52.4 Å². The molecule has 8 rings (SSSR count). The summed E-state index contributed by atoms with van der Waals surface area (Å²) in [5.41, 5.74) is -5.33. The first-order chi connectivity index (χ1) is 22.2. The zero-order valence-electron chi connectivity index (χ0n) is 28.6. The van der Waals surface area contributed by atoms with Gasteiger partial charge in [0.1, 0.15) is 30.5 Å². The number of aliphatic hydroxyl groups excluding tert-OH is 1. The van der Waals surface area contributed by atoms with Crippen molar-refractivity contribution in [3.05, 3.63) is 11.3 Å². The van der Waals surface area contributed by atoms with Crippen LogP contribution in [0.5, 0.6) is 0 Å². The summed E-state index contributed by atoms with van der Waals surface area (Å²) >= 11 is 0. The van der Waals surface area contributed by atoms with Gasteiger partial charge < -0.3 is 38.6 Å². The van der Waals surface area contributed by atoms with Crippen LogP contribution in [0, 0.1) is 57.7 Å². The van der Waals surface area contributed by atoms with Crippen LogP contribution < -0.4 is 0 Å². The predicted molar refractivity (Wildman–Crippen MR) is 159 cm³/mol. The van der Waals surface area contributed by atoms with Crippen LogP contribution in [0.3, 0.4) is 0 Å². The molecule has 0 aromatic heterocycles. The molecule has 3 unspecified atom stereocenters. The molecule has 18 atom stereocenters. The van der Waals surface area contributed by atoms with E-state index in [1.807, 2.05) is 27.7 Å². The Bertz CT molecular complexity index is 1620. The molecule has 0 amide bonds. The highest BCUT2D eigenvalue weighted by atomic mass is 16.8. The van der Waals surface area contributed by atoms with Crippen molar-refractivity contribution in [2.75, 3.05) is 0 Å². The van der Waals surface area contributed by atoms with Crippen LogP contribution in [0.1, 0.15) is 68.7 Å². The highest BCUT2D eigenvalue weighted by Crippen LogP contribution is 2.81. The molecule has 8 aliphatic rings. The molecule has 1 spiro atoms. The van der Waals surface area contributed by atoms with Crippen LogP contribution >= 0.6 is 0 Å². The lowest BCUT2D eigenvalue weighted by Gasteiger charge is -2.62. The van der Waals surface area contributed by atoms with E-state index in [0.29, 0.717) is 5.57 Å². The number of ketones is 1. The number of esters is 4. The van der Waals surface area contributed by atoms with E-state index in [2.05, 4.69) is 0 Å². The van der Waals surface area contributed by atoms with E-state index in [4.69, 9.17) is 28.4 Å². The molecule has 2 N–H and O–H groups in total. The Balaban J connectivity index is 1.40. The van der Waals surface area contributed by atoms with Gasteiger partial charge in [-0.1, -0.05) is 27.7 Å². The molecule has 262 valence electrons. The van der Waals surface area contributed by atoms with Gasteiger partial charge in [0.05, 0.1) is 11.5 Å². The quantitative estimate of drug-likeness (QED) is 0.253. The zero-order chi connectivity index (χ0) is 35.0. The maximum absolute atomic E-state index is 14.8. The molecule has 13 heteroatoms. The normalized spacial score (nSPS) is 56.6. The van der Waals surface area contributed by atoms with E-state index in [1.54, 1.807) is 6.92 Å². The molecular formula is C35H44O13. The molecule has 7 fully saturated rings. The van der Waals surface area contributed by atoms with Crippen molar-refractivity contribution < 1.29 is 62.6 Å². The second kappa shape index (κ2) is 9.19. The van der Waals surface area contributed by atoms with Gasteiger partial charge >= 0.3 is 23.9 Å². The first-order valence-corrected chi connectivity index (χ1v) is 17.0.